The summed E-state index contributed by atoms with van der Waals surface area (Å²) in [5, 5.41) is 0. The highest BCUT2D eigenvalue weighted by Crippen LogP contribution is 2.00. The van der Waals surface area contributed by atoms with Crippen molar-refractivity contribution in [2.75, 3.05) is 26.4 Å². The van der Waals surface area contributed by atoms with Crippen molar-refractivity contribution in [2.24, 2.45) is 0 Å². The summed E-state index contributed by atoms with van der Waals surface area (Å²) in [5.41, 5.74) is 1.30. The van der Waals surface area contributed by atoms with Crippen LogP contribution < -0.4 is 0 Å². The van der Waals surface area contributed by atoms with E-state index in [-0.39, 0.29) is 0 Å². The van der Waals surface area contributed by atoms with E-state index >= 15 is 0 Å². The summed E-state index contributed by atoms with van der Waals surface area (Å²) >= 11 is 0. The van der Waals surface area contributed by atoms with Crippen molar-refractivity contribution >= 4 is 0 Å². The third-order valence-corrected chi connectivity index (χ3v) is 2.84. The second-order valence-corrected chi connectivity index (χ2v) is 4.44. The van der Waals surface area contributed by atoms with Crippen LogP contribution in [0.4, 0.5) is 0 Å². The fourth-order valence-corrected chi connectivity index (χ4v) is 1.73. The molecule has 1 rings (SSSR count). The number of hydrogen-bond acceptors (Lipinski definition) is 2. The van der Waals surface area contributed by atoms with Crippen LogP contribution in [-0.2, 0) is 15.9 Å². The molecule has 0 saturated heterocycles. The molecule has 1 radical (unpaired) electrons. The number of benzene rings is 1. The van der Waals surface area contributed by atoms with Crippen molar-refractivity contribution in [1.29, 1.82) is 0 Å². The molecule has 0 unspecified atom stereocenters. The third kappa shape index (κ3) is 8.26. The Morgan fingerprint density at radius 3 is 2.33 bits per heavy atom. The molecule has 1 aromatic rings. The summed E-state index contributed by atoms with van der Waals surface area (Å²) < 4.78 is 11.0. The number of unbranched alkanes of at least 4 members (excludes halogenated alkanes) is 3. The van der Waals surface area contributed by atoms with E-state index in [9.17, 15) is 0 Å². The fourth-order valence-electron chi connectivity index (χ4n) is 1.73. The Kier molecular flexibility index (Phi) is 9.49. The van der Waals surface area contributed by atoms with E-state index in [4.69, 9.17) is 9.47 Å². The van der Waals surface area contributed by atoms with Crippen LogP contribution in [0.5, 0.6) is 0 Å². The molecule has 0 bridgehead atoms. The van der Waals surface area contributed by atoms with Crippen LogP contribution in [0.2, 0.25) is 0 Å². The van der Waals surface area contributed by atoms with E-state index in [1.807, 2.05) is 12.1 Å². The molecule has 0 aliphatic rings. The topological polar surface area (TPSA) is 18.5 Å². The quantitative estimate of drug-likeness (QED) is 0.557. The van der Waals surface area contributed by atoms with E-state index in [2.05, 4.69) is 25.1 Å². The molecule has 0 aliphatic carbocycles. The second-order valence-electron chi connectivity index (χ2n) is 4.44. The van der Waals surface area contributed by atoms with Gasteiger partial charge in [-0.25, -0.2) is 0 Å². The molecule has 18 heavy (non-hydrogen) atoms. The molecule has 0 amide bonds. The standard InChI is InChI=1S/C16H25O2/c1-2-3-4-8-12-17-14-15-18-13-11-16-9-6-5-7-10-16/h6-7,9-10H,2-4,8,11-15H2,1H3. The first kappa shape index (κ1) is 15.2. The van der Waals surface area contributed by atoms with Gasteiger partial charge in [-0.1, -0.05) is 50.5 Å². The first-order valence-electron chi connectivity index (χ1n) is 7.04. The molecule has 0 atom stereocenters. The fraction of sp³-hybridized carbons (Fsp3) is 0.625. The molecule has 0 spiro atoms. The maximum absolute atomic E-state index is 5.53. The van der Waals surface area contributed by atoms with Gasteiger partial charge in [0.2, 0.25) is 0 Å². The predicted octanol–water partition coefficient (Wildman–Crippen LogP) is 3.64. The molecule has 1 aromatic carbocycles. The van der Waals surface area contributed by atoms with Crippen molar-refractivity contribution < 1.29 is 9.47 Å². The van der Waals surface area contributed by atoms with E-state index in [1.165, 1.54) is 31.2 Å². The van der Waals surface area contributed by atoms with Gasteiger partial charge < -0.3 is 9.47 Å². The van der Waals surface area contributed by atoms with E-state index in [0.29, 0.717) is 13.2 Å². The van der Waals surface area contributed by atoms with Crippen molar-refractivity contribution in [3.8, 4) is 0 Å². The summed E-state index contributed by atoms with van der Waals surface area (Å²) in [7, 11) is 0. The van der Waals surface area contributed by atoms with E-state index in [1.54, 1.807) is 0 Å². The van der Waals surface area contributed by atoms with Crippen LogP contribution in [0.3, 0.4) is 0 Å². The summed E-state index contributed by atoms with van der Waals surface area (Å²) in [6.45, 7) is 5.28. The Bertz CT molecular complexity index is 272. The monoisotopic (exact) mass is 249 g/mol. The Morgan fingerprint density at radius 1 is 0.889 bits per heavy atom. The van der Waals surface area contributed by atoms with Gasteiger partial charge in [0, 0.05) is 6.61 Å². The van der Waals surface area contributed by atoms with Gasteiger partial charge in [-0.2, -0.15) is 0 Å². The summed E-state index contributed by atoms with van der Waals surface area (Å²) in [4.78, 5) is 0. The molecule has 0 N–H and O–H groups in total. The van der Waals surface area contributed by atoms with Gasteiger partial charge in [-0.15, -0.1) is 0 Å². The lowest BCUT2D eigenvalue weighted by Crippen LogP contribution is -2.07. The summed E-state index contributed by atoms with van der Waals surface area (Å²) in [5.74, 6) is 0. The molecular weight excluding hydrogens is 224 g/mol. The number of rotatable bonds is 11. The molecule has 0 aromatic heterocycles. The van der Waals surface area contributed by atoms with Gasteiger partial charge in [0.05, 0.1) is 19.8 Å². The normalized spacial score (nSPS) is 10.7. The lowest BCUT2D eigenvalue weighted by Gasteiger charge is -2.06. The average Bonchev–Trinajstić information content (AvgIpc) is 2.42. The van der Waals surface area contributed by atoms with Crippen LogP contribution in [0.15, 0.2) is 24.3 Å². The molecule has 101 valence electrons. The van der Waals surface area contributed by atoms with Gasteiger partial charge in [0.25, 0.3) is 0 Å². The van der Waals surface area contributed by atoms with Crippen LogP contribution in [0.1, 0.15) is 38.2 Å². The van der Waals surface area contributed by atoms with Crippen molar-refractivity contribution in [2.45, 2.75) is 39.0 Å². The van der Waals surface area contributed by atoms with Gasteiger partial charge in [0.1, 0.15) is 0 Å². The van der Waals surface area contributed by atoms with E-state index < -0.39 is 0 Å². The zero-order valence-corrected chi connectivity index (χ0v) is 11.5. The van der Waals surface area contributed by atoms with Gasteiger partial charge in [0.15, 0.2) is 0 Å². The van der Waals surface area contributed by atoms with Crippen molar-refractivity contribution in [3.63, 3.8) is 0 Å². The van der Waals surface area contributed by atoms with E-state index in [0.717, 1.165) is 19.6 Å². The average molecular weight is 249 g/mol. The smallest absolute Gasteiger partial charge is 0.0700 e. The third-order valence-electron chi connectivity index (χ3n) is 2.84. The maximum atomic E-state index is 5.53. The lowest BCUT2D eigenvalue weighted by molar-refractivity contribution is 0.0474. The minimum Gasteiger partial charge on any atom is -0.379 e. The lowest BCUT2D eigenvalue weighted by atomic mass is 10.2. The highest BCUT2D eigenvalue weighted by molar-refractivity contribution is 5.13. The first-order valence-corrected chi connectivity index (χ1v) is 7.04. The van der Waals surface area contributed by atoms with Crippen LogP contribution in [0, 0.1) is 6.07 Å². The van der Waals surface area contributed by atoms with Gasteiger partial charge >= 0.3 is 0 Å². The summed E-state index contributed by atoms with van der Waals surface area (Å²) in [6, 6.07) is 11.0. The predicted molar refractivity (Wildman–Crippen MR) is 74.8 cm³/mol. The van der Waals surface area contributed by atoms with Crippen molar-refractivity contribution in [3.05, 3.63) is 35.9 Å². The molecule has 2 nitrogen and oxygen atoms in total. The zero-order chi connectivity index (χ0) is 12.9. The minimum absolute atomic E-state index is 0.701. The first-order chi connectivity index (χ1) is 8.93. The largest absolute Gasteiger partial charge is 0.379 e. The maximum Gasteiger partial charge on any atom is 0.0700 e. The molecular formula is C16H25O2. The number of ether oxygens (including phenoxy) is 2. The summed E-state index contributed by atoms with van der Waals surface area (Å²) in [6.07, 6.45) is 6.01. The second kappa shape index (κ2) is 11.2. The highest BCUT2D eigenvalue weighted by atomic mass is 16.5. The molecule has 0 saturated carbocycles. The Hall–Kier alpha value is -0.860. The molecule has 0 heterocycles. The Balaban J connectivity index is 1.82. The molecule has 0 fully saturated rings. The number of hydrogen-bond donors (Lipinski definition) is 0. The van der Waals surface area contributed by atoms with Gasteiger partial charge in [-0.3, -0.25) is 0 Å². The molecule has 2 heteroatoms. The Morgan fingerprint density at radius 2 is 1.61 bits per heavy atom. The van der Waals surface area contributed by atoms with Crippen LogP contribution in [0.25, 0.3) is 0 Å². The Labute approximate surface area is 111 Å². The van der Waals surface area contributed by atoms with Crippen LogP contribution >= 0.6 is 0 Å². The van der Waals surface area contributed by atoms with Gasteiger partial charge in [-0.05, 0) is 24.5 Å². The SMILES string of the molecule is CCCCCCOCCOCCc1cc[c]cc1. The molecule has 0 aliphatic heterocycles. The minimum atomic E-state index is 0.701. The van der Waals surface area contributed by atoms with Crippen molar-refractivity contribution in [1.82, 2.24) is 0 Å². The highest BCUT2D eigenvalue weighted by Gasteiger charge is 1.93. The van der Waals surface area contributed by atoms with Crippen LogP contribution in [-0.4, -0.2) is 26.4 Å². The zero-order valence-electron chi connectivity index (χ0n) is 11.5.